The van der Waals surface area contributed by atoms with Gasteiger partial charge in [-0.05, 0) is 49.8 Å². The average Bonchev–Trinajstić information content (AvgIpc) is 2.91. The zero-order valence-corrected chi connectivity index (χ0v) is 13.2. The fraction of sp³-hybridized carbons (Fsp3) is 0.588. The van der Waals surface area contributed by atoms with Crippen molar-refractivity contribution in [1.82, 2.24) is 10.6 Å². The number of fused-ring (bicyclic) bond motifs is 1. The first kappa shape index (κ1) is 14.9. The molecule has 114 valence electrons. The van der Waals surface area contributed by atoms with Crippen molar-refractivity contribution < 1.29 is 4.79 Å². The van der Waals surface area contributed by atoms with Crippen molar-refractivity contribution in [3.63, 3.8) is 0 Å². The van der Waals surface area contributed by atoms with E-state index in [4.69, 9.17) is 11.6 Å². The second kappa shape index (κ2) is 6.37. The first-order valence-corrected chi connectivity index (χ1v) is 8.33. The van der Waals surface area contributed by atoms with E-state index in [1.165, 1.54) is 25.7 Å². The first-order valence-electron chi connectivity index (χ1n) is 7.95. The van der Waals surface area contributed by atoms with Crippen LogP contribution in [0.3, 0.4) is 0 Å². The monoisotopic (exact) mass is 306 g/mol. The lowest BCUT2D eigenvalue weighted by atomic mass is 9.85. The highest BCUT2D eigenvalue weighted by atomic mass is 35.5. The third-order valence-electron chi connectivity index (χ3n) is 4.89. The summed E-state index contributed by atoms with van der Waals surface area (Å²) in [5, 5.41) is 7.34. The maximum Gasteiger partial charge on any atom is 0.237 e. The molecular formula is C17H23ClN2O. The maximum atomic E-state index is 12.5. The van der Waals surface area contributed by atoms with Crippen LogP contribution in [0.4, 0.5) is 0 Å². The molecule has 0 radical (unpaired) electrons. The van der Waals surface area contributed by atoms with Crippen molar-refractivity contribution in [2.24, 2.45) is 5.92 Å². The van der Waals surface area contributed by atoms with Gasteiger partial charge in [0.2, 0.25) is 5.91 Å². The van der Waals surface area contributed by atoms with E-state index in [0.29, 0.717) is 17.0 Å². The molecule has 4 heteroatoms. The van der Waals surface area contributed by atoms with Gasteiger partial charge in [0.25, 0.3) is 0 Å². The minimum absolute atomic E-state index is 0.0133. The summed E-state index contributed by atoms with van der Waals surface area (Å²) in [6.45, 7) is 2.01. The molecule has 0 bridgehead atoms. The third-order valence-corrected chi connectivity index (χ3v) is 5.12. The van der Waals surface area contributed by atoms with Gasteiger partial charge in [0.15, 0.2) is 0 Å². The molecule has 2 N–H and O–H groups in total. The van der Waals surface area contributed by atoms with Crippen LogP contribution in [0.15, 0.2) is 24.3 Å². The van der Waals surface area contributed by atoms with Crippen molar-refractivity contribution >= 4 is 17.5 Å². The number of rotatable bonds is 3. The van der Waals surface area contributed by atoms with Gasteiger partial charge in [0.05, 0.1) is 12.1 Å². The summed E-state index contributed by atoms with van der Waals surface area (Å²) in [4.78, 5) is 12.5. The van der Waals surface area contributed by atoms with Crippen molar-refractivity contribution in [3.8, 4) is 0 Å². The fourth-order valence-electron chi connectivity index (χ4n) is 3.69. The van der Waals surface area contributed by atoms with Crippen molar-refractivity contribution in [2.75, 3.05) is 0 Å². The predicted octanol–water partition coefficient (Wildman–Crippen LogP) is 3.44. The van der Waals surface area contributed by atoms with Gasteiger partial charge in [0, 0.05) is 11.1 Å². The average molecular weight is 307 g/mol. The van der Waals surface area contributed by atoms with E-state index >= 15 is 0 Å². The van der Waals surface area contributed by atoms with Crippen molar-refractivity contribution in [1.29, 1.82) is 0 Å². The van der Waals surface area contributed by atoms with E-state index in [-0.39, 0.29) is 18.0 Å². The summed E-state index contributed by atoms with van der Waals surface area (Å²) in [5.74, 6) is 0.813. The van der Waals surface area contributed by atoms with Crippen LogP contribution in [0.5, 0.6) is 0 Å². The number of carbonyl (C=O) groups excluding carboxylic acids is 1. The Balaban J connectivity index is 1.59. The molecular weight excluding hydrogens is 284 g/mol. The molecule has 1 aliphatic carbocycles. The van der Waals surface area contributed by atoms with Crippen LogP contribution in [0.1, 0.15) is 50.6 Å². The lowest BCUT2D eigenvalue weighted by molar-refractivity contribution is -0.123. The summed E-state index contributed by atoms with van der Waals surface area (Å²) in [6, 6.07) is 8.19. The van der Waals surface area contributed by atoms with Crippen LogP contribution in [0.25, 0.3) is 0 Å². The van der Waals surface area contributed by atoms with Crippen LogP contribution in [-0.4, -0.2) is 18.0 Å². The highest BCUT2D eigenvalue weighted by molar-refractivity contribution is 6.30. The molecule has 3 nitrogen and oxygen atoms in total. The number of nitrogens with one attached hydrogen (secondary N) is 2. The molecule has 1 amide bonds. The highest BCUT2D eigenvalue weighted by Crippen LogP contribution is 2.33. The normalized spacial score (nSPS) is 29.7. The third kappa shape index (κ3) is 3.41. The van der Waals surface area contributed by atoms with Gasteiger partial charge in [-0.3, -0.25) is 4.79 Å². The molecule has 1 aromatic carbocycles. The summed E-state index contributed by atoms with van der Waals surface area (Å²) in [6.07, 6.45) is 6.08. The lowest BCUT2D eigenvalue weighted by Gasteiger charge is -2.24. The van der Waals surface area contributed by atoms with E-state index < -0.39 is 0 Å². The fourth-order valence-corrected chi connectivity index (χ4v) is 3.89. The van der Waals surface area contributed by atoms with Gasteiger partial charge < -0.3 is 10.6 Å². The molecule has 1 saturated carbocycles. The molecule has 0 aromatic heterocycles. The second-order valence-corrected chi connectivity index (χ2v) is 6.83. The number of benzene rings is 1. The van der Waals surface area contributed by atoms with Crippen molar-refractivity contribution in [3.05, 3.63) is 34.9 Å². The number of hydrogen-bond acceptors (Lipinski definition) is 2. The van der Waals surface area contributed by atoms with Crippen LogP contribution < -0.4 is 10.6 Å². The number of halogens is 1. The van der Waals surface area contributed by atoms with Crippen LogP contribution in [-0.2, 0) is 4.79 Å². The van der Waals surface area contributed by atoms with E-state index in [1.54, 1.807) is 0 Å². The zero-order valence-electron chi connectivity index (χ0n) is 12.4. The van der Waals surface area contributed by atoms with E-state index in [9.17, 15) is 4.79 Å². The van der Waals surface area contributed by atoms with E-state index in [1.807, 2.05) is 31.2 Å². The SMILES string of the molecule is CC(NC(=O)C1CC2CCCCC2N1)c1cccc(Cl)c1. The molecule has 21 heavy (non-hydrogen) atoms. The Labute approximate surface area is 131 Å². The number of carbonyl (C=O) groups is 1. The summed E-state index contributed by atoms with van der Waals surface area (Å²) in [5.41, 5.74) is 1.05. The quantitative estimate of drug-likeness (QED) is 0.898. The van der Waals surface area contributed by atoms with Gasteiger partial charge in [0.1, 0.15) is 0 Å². The second-order valence-electron chi connectivity index (χ2n) is 6.39. The smallest absolute Gasteiger partial charge is 0.237 e. The Hall–Kier alpha value is -1.06. The largest absolute Gasteiger partial charge is 0.348 e. The van der Waals surface area contributed by atoms with E-state index in [2.05, 4.69) is 10.6 Å². The van der Waals surface area contributed by atoms with Crippen LogP contribution >= 0.6 is 11.6 Å². The Morgan fingerprint density at radius 3 is 2.95 bits per heavy atom. The van der Waals surface area contributed by atoms with E-state index in [0.717, 1.165) is 12.0 Å². The molecule has 2 fully saturated rings. The van der Waals surface area contributed by atoms with Gasteiger partial charge in [-0.1, -0.05) is 36.6 Å². The molecule has 2 aliphatic rings. The Morgan fingerprint density at radius 1 is 1.38 bits per heavy atom. The minimum atomic E-state index is -0.0280. The van der Waals surface area contributed by atoms with Gasteiger partial charge in [-0.25, -0.2) is 0 Å². The maximum absolute atomic E-state index is 12.5. The molecule has 1 heterocycles. The standard InChI is InChI=1S/C17H23ClN2O/c1-11(12-6-4-7-14(18)9-12)19-17(21)16-10-13-5-2-3-8-15(13)20-16/h4,6-7,9,11,13,15-16,20H,2-3,5,8,10H2,1H3,(H,19,21). The summed E-state index contributed by atoms with van der Waals surface area (Å²) >= 11 is 6.01. The Morgan fingerprint density at radius 2 is 2.19 bits per heavy atom. The lowest BCUT2D eigenvalue weighted by Crippen LogP contribution is -2.43. The van der Waals surface area contributed by atoms with Crippen LogP contribution in [0, 0.1) is 5.92 Å². The summed E-state index contributed by atoms with van der Waals surface area (Å²) in [7, 11) is 0. The highest BCUT2D eigenvalue weighted by Gasteiger charge is 2.38. The van der Waals surface area contributed by atoms with Crippen molar-refractivity contribution in [2.45, 2.75) is 57.2 Å². The number of hydrogen-bond donors (Lipinski definition) is 2. The Bertz CT molecular complexity index is 505. The molecule has 4 atom stereocenters. The molecule has 1 saturated heterocycles. The predicted molar refractivity (Wildman–Crippen MR) is 85.3 cm³/mol. The van der Waals surface area contributed by atoms with Gasteiger partial charge in [-0.2, -0.15) is 0 Å². The van der Waals surface area contributed by atoms with Gasteiger partial charge in [-0.15, -0.1) is 0 Å². The Kier molecular flexibility index (Phi) is 4.51. The first-order chi connectivity index (χ1) is 10.1. The molecule has 1 aliphatic heterocycles. The van der Waals surface area contributed by atoms with Gasteiger partial charge >= 0.3 is 0 Å². The molecule has 4 unspecified atom stereocenters. The molecule has 1 aromatic rings. The molecule has 3 rings (SSSR count). The zero-order chi connectivity index (χ0) is 14.8. The number of amides is 1. The topological polar surface area (TPSA) is 41.1 Å². The minimum Gasteiger partial charge on any atom is -0.348 e. The summed E-state index contributed by atoms with van der Waals surface area (Å²) < 4.78 is 0. The molecule has 0 spiro atoms. The van der Waals surface area contributed by atoms with Crippen LogP contribution in [0.2, 0.25) is 5.02 Å².